The van der Waals surface area contributed by atoms with E-state index < -0.39 is 6.10 Å². The minimum absolute atomic E-state index is 0.0240. The van der Waals surface area contributed by atoms with E-state index in [1.165, 1.54) is 23.2 Å². The average molecular weight is 775 g/mol. The number of piperidine rings is 2. The van der Waals surface area contributed by atoms with Gasteiger partial charge < -0.3 is 39.3 Å². The lowest BCUT2D eigenvalue weighted by Crippen LogP contribution is -2.37. The number of anilines is 2. The van der Waals surface area contributed by atoms with Gasteiger partial charge in [0.15, 0.2) is 17.2 Å². The van der Waals surface area contributed by atoms with Crippen molar-refractivity contribution in [3.05, 3.63) is 71.4 Å². The van der Waals surface area contributed by atoms with Crippen molar-refractivity contribution in [1.29, 1.82) is 0 Å². The summed E-state index contributed by atoms with van der Waals surface area (Å²) < 4.78 is 5.79. The highest BCUT2D eigenvalue weighted by Crippen LogP contribution is 2.35. The summed E-state index contributed by atoms with van der Waals surface area (Å²) in [5.74, 6) is 3.29. The van der Waals surface area contributed by atoms with Crippen LogP contribution in [0.25, 0.3) is 22.3 Å². The summed E-state index contributed by atoms with van der Waals surface area (Å²) in [5.41, 5.74) is 5.67. The SMILES string of the molecule is CC(C)C(C(=O)N1CCC(O)C1)c1cc(N2CCC(CCN3CCC(c4cnc(N5CCc6[nH]c7nnc(-c8ccccc8O)cc7c6C5)nc4)CC3)CC2)no1. The van der Waals surface area contributed by atoms with Crippen LogP contribution in [-0.4, -0.2) is 115 Å². The molecule has 4 aromatic heterocycles. The lowest BCUT2D eigenvalue weighted by Gasteiger charge is -2.35. The monoisotopic (exact) mass is 774 g/mol. The van der Waals surface area contributed by atoms with Crippen LogP contribution >= 0.6 is 0 Å². The van der Waals surface area contributed by atoms with Gasteiger partial charge in [0.2, 0.25) is 11.9 Å². The number of nitrogens with one attached hydrogen (secondary N) is 1. The molecular formula is C43H54N10O4. The number of nitrogens with zero attached hydrogens (tertiary/aromatic N) is 9. The van der Waals surface area contributed by atoms with Gasteiger partial charge in [0, 0.05) is 86.4 Å². The molecule has 2 atom stereocenters. The third-order valence-electron chi connectivity index (χ3n) is 12.9. The number of aliphatic hydroxyl groups excluding tert-OH is 1. The van der Waals surface area contributed by atoms with Crippen LogP contribution in [0.3, 0.4) is 0 Å². The molecule has 14 heteroatoms. The molecule has 9 rings (SSSR count). The van der Waals surface area contributed by atoms with Crippen LogP contribution in [0.1, 0.15) is 86.8 Å². The average Bonchev–Trinajstić information content (AvgIpc) is 3.99. The number of para-hydroxylation sites is 1. The van der Waals surface area contributed by atoms with Gasteiger partial charge in [0.05, 0.1) is 11.8 Å². The van der Waals surface area contributed by atoms with Crippen molar-refractivity contribution in [3.63, 3.8) is 0 Å². The Morgan fingerprint density at radius 3 is 2.47 bits per heavy atom. The smallest absolute Gasteiger partial charge is 0.233 e. The first-order valence-electron chi connectivity index (χ1n) is 20.9. The van der Waals surface area contributed by atoms with Crippen molar-refractivity contribution in [1.82, 2.24) is 40.1 Å². The fraction of sp³-hybridized carbons (Fsp3) is 0.535. The second kappa shape index (κ2) is 16.0. The molecule has 5 aromatic rings. The third-order valence-corrected chi connectivity index (χ3v) is 12.9. The molecule has 3 N–H and O–H groups in total. The number of hydrogen-bond acceptors (Lipinski definition) is 12. The molecule has 57 heavy (non-hydrogen) atoms. The highest BCUT2D eigenvalue weighted by Gasteiger charge is 2.36. The molecule has 1 amide bonds. The Kier molecular flexibility index (Phi) is 10.6. The second-order valence-corrected chi connectivity index (χ2v) is 17.0. The van der Waals surface area contributed by atoms with Crippen molar-refractivity contribution >= 4 is 28.7 Å². The fourth-order valence-corrected chi connectivity index (χ4v) is 9.46. The number of benzene rings is 1. The van der Waals surface area contributed by atoms with Gasteiger partial charge in [-0.15, -0.1) is 10.2 Å². The van der Waals surface area contributed by atoms with Gasteiger partial charge in [-0.3, -0.25) is 4.79 Å². The van der Waals surface area contributed by atoms with Crippen LogP contribution in [0.15, 0.2) is 53.3 Å². The van der Waals surface area contributed by atoms with Gasteiger partial charge in [-0.25, -0.2) is 9.97 Å². The molecule has 300 valence electrons. The van der Waals surface area contributed by atoms with Gasteiger partial charge in [-0.1, -0.05) is 31.1 Å². The number of carbonyl (C=O) groups excluding carboxylic acids is 1. The molecule has 14 nitrogen and oxygen atoms in total. The van der Waals surface area contributed by atoms with E-state index in [0.29, 0.717) is 54.9 Å². The standard InChI is InChI=1S/C43H54N10O4/c1-27(2)40(42(56)52-19-12-31(54)25-52)38-22-39(49-57-38)51-17-8-28(9-18-51)7-14-50-15-10-29(11-16-50)30-23-44-43(45-24-30)53-20-13-35-34(26-53)33-21-36(47-48-41(33)46-35)32-5-3-4-6-37(32)55/h3-6,21-24,27-29,31,40,54-55H,7-20,25-26H2,1-2H3,(H,46,48). The Bertz CT molecular complexity index is 2170. The zero-order valence-corrected chi connectivity index (χ0v) is 33.1. The Labute approximate surface area is 333 Å². The van der Waals surface area contributed by atoms with Gasteiger partial charge >= 0.3 is 0 Å². The topological polar surface area (TPSA) is 164 Å². The van der Waals surface area contributed by atoms with E-state index in [-0.39, 0.29) is 23.5 Å². The zero-order chi connectivity index (χ0) is 39.0. The molecule has 0 saturated carbocycles. The van der Waals surface area contributed by atoms with Crippen LogP contribution in [0.4, 0.5) is 11.8 Å². The lowest BCUT2D eigenvalue weighted by atomic mass is 9.90. The number of aromatic amines is 1. The van der Waals surface area contributed by atoms with E-state index in [4.69, 9.17) is 14.5 Å². The Balaban J connectivity index is 0.734. The van der Waals surface area contributed by atoms with Gasteiger partial charge in [-0.05, 0) is 99.7 Å². The fourth-order valence-electron chi connectivity index (χ4n) is 9.46. The molecule has 3 saturated heterocycles. The summed E-state index contributed by atoms with van der Waals surface area (Å²) in [5, 5.41) is 34.6. The summed E-state index contributed by atoms with van der Waals surface area (Å²) in [6.45, 7) is 11.8. The number of aromatic nitrogens is 6. The van der Waals surface area contributed by atoms with Crippen LogP contribution in [0.5, 0.6) is 5.75 Å². The summed E-state index contributed by atoms with van der Waals surface area (Å²) in [7, 11) is 0. The Morgan fingerprint density at radius 1 is 0.947 bits per heavy atom. The number of rotatable bonds is 10. The molecule has 8 heterocycles. The number of hydrogen-bond donors (Lipinski definition) is 3. The maximum atomic E-state index is 13.3. The predicted molar refractivity (Wildman–Crippen MR) is 217 cm³/mol. The number of carbonyl (C=O) groups is 1. The summed E-state index contributed by atoms with van der Waals surface area (Å²) in [6, 6.07) is 11.2. The maximum Gasteiger partial charge on any atom is 0.233 e. The van der Waals surface area contributed by atoms with Crippen molar-refractivity contribution in [2.75, 3.05) is 62.2 Å². The maximum absolute atomic E-state index is 13.3. The molecule has 4 aliphatic rings. The van der Waals surface area contributed by atoms with Crippen molar-refractivity contribution in [3.8, 4) is 17.0 Å². The quantitative estimate of drug-likeness (QED) is 0.164. The number of aromatic hydroxyl groups is 1. The van der Waals surface area contributed by atoms with Crippen LogP contribution in [-0.2, 0) is 17.8 Å². The molecule has 3 fully saturated rings. The van der Waals surface area contributed by atoms with Crippen LogP contribution in [0, 0.1) is 11.8 Å². The molecule has 0 radical (unpaired) electrons. The van der Waals surface area contributed by atoms with Crippen LogP contribution in [0.2, 0.25) is 0 Å². The van der Waals surface area contributed by atoms with E-state index in [1.807, 2.05) is 50.5 Å². The minimum Gasteiger partial charge on any atom is -0.507 e. The molecule has 0 bridgehead atoms. The normalized spacial score (nSPS) is 20.5. The number of amides is 1. The van der Waals surface area contributed by atoms with Gasteiger partial charge in [-0.2, -0.15) is 0 Å². The number of aliphatic hydroxyl groups is 1. The van der Waals surface area contributed by atoms with E-state index in [0.717, 1.165) is 94.2 Å². The van der Waals surface area contributed by atoms with E-state index in [9.17, 15) is 15.0 Å². The number of fused-ring (bicyclic) bond motifs is 3. The Morgan fingerprint density at radius 2 is 1.74 bits per heavy atom. The van der Waals surface area contributed by atoms with Crippen molar-refractivity contribution in [2.45, 2.75) is 83.3 Å². The number of H-pyrrole nitrogens is 1. The highest BCUT2D eigenvalue weighted by molar-refractivity contribution is 5.86. The molecule has 4 aliphatic heterocycles. The first-order chi connectivity index (χ1) is 27.8. The van der Waals surface area contributed by atoms with E-state index in [2.05, 4.69) is 35.0 Å². The summed E-state index contributed by atoms with van der Waals surface area (Å²) in [6.07, 6.45) is 10.8. The molecule has 1 aromatic carbocycles. The van der Waals surface area contributed by atoms with Gasteiger partial charge in [0.25, 0.3) is 0 Å². The highest BCUT2D eigenvalue weighted by atomic mass is 16.5. The molecule has 0 spiro atoms. The van der Waals surface area contributed by atoms with Crippen molar-refractivity contribution < 1.29 is 19.5 Å². The van der Waals surface area contributed by atoms with Crippen LogP contribution < -0.4 is 9.80 Å². The third kappa shape index (κ3) is 7.81. The number of phenols is 1. The van der Waals surface area contributed by atoms with Crippen molar-refractivity contribution in [2.24, 2.45) is 11.8 Å². The minimum atomic E-state index is -0.436. The number of phenolic OH excluding ortho intramolecular Hbond substituents is 1. The second-order valence-electron chi connectivity index (χ2n) is 17.0. The first kappa shape index (κ1) is 37.5. The summed E-state index contributed by atoms with van der Waals surface area (Å²) >= 11 is 0. The van der Waals surface area contributed by atoms with E-state index in [1.54, 1.807) is 17.0 Å². The molecular weight excluding hydrogens is 721 g/mol. The first-order valence-corrected chi connectivity index (χ1v) is 20.9. The Hall–Kier alpha value is -5.08. The summed E-state index contributed by atoms with van der Waals surface area (Å²) in [4.78, 5) is 35.5. The number of β-amino-alcohol motifs (C(OH)–C–C–N with tert-alkyl or cyclic N) is 1. The zero-order valence-electron chi connectivity index (χ0n) is 33.1. The molecule has 2 unspecified atom stereocenters. The predicted octanol–water partition coefficient (Wildman–Crippen LogP) is 5.49. The lowest BCUT2D eigenvalue weighted by molar-refractivity contribution is -0.133. The van der Waals surface area contributed by atoms with E-state index >= 15 is 0 Å². The van der Waals surface area contributed by atoms with Gasteiger partial charge in [0.1, 0.15) is 11.7 Å². The number of likely N-dealkylation sites (tertiary alicyclic amines) is 2. The molecule has 0 aliphatic carbocycles. The largest absolute Gasteiger partial charge is 0.507 e.